The van der Waals surface area contributed by atoms with Crippen LogP contribution >= 0.6 is 0 Å². The summed E-state index contributed by atoms with van der Waals surface area (Å²) in [6, 6.07) is 0. The first kappa shape index (κ1) is 9.03. The lowest BCUT2D eigenvalue weighted by atomic mass is 9.88. The number of esters is 1. The molecule has 0 bridgehead atoms. The molecule has 1 aliphatic rings. The van der Waals surface area contributed by atoms with Crippen molar-refractivity contribution < 1.29 is 14.3 Å². The monoisotopic (exact) mass is 171 g/mol. The molecule has 0 fully saturated rings. The van der Waals surface area contributed by atoms with Gasteiger partial charge in [0.15, 0.2) is 11.9 Å². The van der Waals surface area contributed by atoms with Crippen LogP contribution < -0.4 is 0 Å². The zero-order valence-corrected chi connectivity index (χ0v) is 7.53. The van der Waals surface area contributed by atoms with Crippen molar-refractivity contribution in [3.8, 4) is 0 Å². The highest BCUT2D eigenvalue weighted by Crippen LogP contribution is 2.26. The van der Waals surface area contributed by atoms with Crippen LogP contribution in [0, 0.1) is 5.92 Å². The van der Waals surface area contributed by atoms with E-state index in [1.807, 2.05) is 13.8 Å². The molecule has 0 aromatic carbocycles. The molecule has 1 heterocycles. The van der Waals surface area contributed by atoms with E-state index >= 15 is 0 Å². The molecule has 0 aromatic rings. The van der Waals surface area contributed by atoms with Crippen molar-refractivity contribution in [2.75, 3.05) is 13.7 Å². The van der Waals surface area contributed by atoms with Crippen LogP contribution in [0.3, 0.4) is 0 Å². The summed E-state index contributed by atoms with van der Waals surface area (Å²) >= 11 is 0. The van der Waals surface area contributed by atoms with E-state index < -0.39 is 5.54 Å². The zero-order valence-electron chi connectivity index (χ0n) is 7.53. The van der Waals surface area contributed by atoms with E-state index in [1.165, 1.54) is 13.5 Å². The Labute approximate surface area is 71.6 Å². The summed E-state index contributed by atoms with van der Waals surface area (Å²) < 4.78 is 9.62. The fourth-order valence-corrected chi connectivity index (χ4v) is 1.17. The van der Waals surface area contributed by atoms with E-state index in [1.54, 1.807) is 0 Å². The number of nitrogens with zero attached hydrogens (tertiary/aromatic N) is 1. The second-order valence-corrected chi connectivity index (χ2v) is 3.12. The van der Waals surface area contributed by atoms with Crippen molar-refractivity contribution in [3.05, 3.63) is 0 Å². The first-order valence-electron chi connectivity index (χ1n) is 3.87. The maximum Gasteiger partial charge on any atom is 0.337 e. The van der Waals surface area contributed by atoms with Gasteiger partial charge in [0.2, 0.25) is 0 Å². The lowest BCUT2D eigenvalue weighted by Gasteiger charge is -2.24. The largest absolute Gasteiger partial charge is 0.480 e. The van der Waals surface area contributed by atoms with Crippen molar-refractivity contribution in [1.29, 1.82) is 0 Å². The van der Waals surface area contributed by atoms with Gasteiger partial charge in [-0.2, -0.15) is 0 Å². The van der Waals surface area contributed by atoms with Gasteiger partial charge in [0, 0.05) is 0 Å². The molecule has 1 rings (SSSR count). The molecule has 0 saturated heterocycles. The van der Waals surface area contributed by atoms with E-state index in [2.05, 4.69) is 9.73 Å². The summed E-state index contributed by atoms with van der Waals surface area (Å²) in [5.74, 6) is -0.241. The Kier molecular flexibility index (Phi) is 2.35. The Morgan fingerprint density at radius 2 is 2.42 bits per heavy atom. The second-order valence-electron chi connectivity index (χ2n) is 3.12. The molecule has 0 unspecified atom stereocenters. The lowest BCUT2D eigenvalue weighted by molar-refractivity contribution is -0.149. The van der Waals surface area contributed by atoms with E-state index in [4.69, 9.17) is 4.74 Å². The number of hydrogen-bond acceptors (Lipinski definition) is 4. The molecule has 0 saturated carbocycles. The lowest BCUT2D eigenvalue weighted by Crippen LogP contribution is -2.44. The Morgan fingerprint density at radius 1 is 1.75 bits per heavy atom. The molecule has 1 atom stereocenters. The van der Waals surface area contributed by atoms with Gasteiger partial charge in [-0.15, -0.1) is 0 Å². The van der Waals surface area contributed by atoms with E-state index in [0.29, 0.717) is 0 Å². The van der Waals surface area contributed by atoms with Gasteiger partial charge in [-0.25, -0.2) is 9.79 Å². The molecule has 1 aliphatic heterocycles. The standard InChI is InChI=1S/C8H13NO3/c1-6(2)8(7(10)11-3)4-12-5-9-8/h5-6H,4H2,1-3H3/t8-/m1/s1. The Morgan fingerprint density at radius 3 is 2.75 bits per heavy atom. The first-order chi connectivity index (χ1) is 5.63. The number of aliphatic imine (C=N–C) groups is 1. The highest BCUT2D eigenvalue weighted by Gasteiger charge is 2.45. The van der Waals surface area contributed by atoms with E-state index in [0.717, 1.165) is 0 Å². The topological polar surface area (TPSA) is 47.9 Å². The van der Waals surface area contributed by atoms with Crippen LogP contribution in [0.25, 0.3) is 0 Å². The highest BCUT2D eigenvalue weighted by molar-refractivity contribution is 5.84. The van der Waals surface area contributed by atoms with Crippen molar-refractivity contribution in [1.82, 2.24) is 0 Å². The van der Waals surface area contributed by atoms with Gasteiger partial charge in [0.05, 0.1) is 7.11 Å². The summed E-state index contributed by atoms with van der Waals surface area (Å²) in [6.45, 7) is 4.13. The van der Waals surface area contributed by atoms with Gasteiger partial charge in [0.1, 0.15) is 6.61 Å². The Bertz CT molecular complexity index is 212. The molecule has 0 aliphatic carbocycles. The number of carbonyl (C=O) groups is 1. The number of hydrogen-bond donors (Lipinski definition) is 0. The molecule has 0 radical (unpaired) electrons. The number of carbonyl (C=O) groups excluding carboxylic acids is 1. The summed E-state index contributed by atoms with van der Waals surface area (Å²) in [5.41, 5.74) is -0.811. The predicted molar refractivity (Wildman–Crippen MR) is 44.0 cm³/mol. The Hall–Kier alpha value is -1.06. The quantitative estimate of drug-likeness (QED) is 0.572. The molecule has 0 aromatic heterocycles. The zero-order chi connectivity index (χ0) is 9.19. The van der Waals surface area contributed by atoms with Gasteiger partial charge in [-0.1, -0.05) is 13.8 Å². The average molecular weight is 171 g/mol. The average Bonchev–Trinajstić information content (AvgIpc) is 2.52. The van der Waals surface area contributed by atoms with Crippen molar-refractivity contribution in [2.45, 2.75) is 19.4 Å². The first-order valence-corrected chi connectivity index (χ1v) is 3.87. The molecule has 4 nitrogen and oxygen atoms in total. The van der Waals surface area contributed by atoms with Gasteiger partial charge in [0.25, 0.3) is 0 Å². The predicted octanol–water partition coefficient (Wildman–Crippen LogP) is 0.613. The van der Waals surface area contributed by atoms with Crippen LogP contribution in [0.1, 0.15) is 13.8 Å². The molecule has 0 spiro atoms. The minimum Gasteiger partial charge on any atom is -0.480 e. The van der Waals surface area contributed by atoms with Gasteiger partial charge < -0.3 is 9.47 Å². The van der Waals surface area contributed by atoms with Crippen LogP contribution in [-0.4, -0.2) is 31.6 Å². The maximum absolute atomic E-state index is 11.4. The summed E-state index contributed by atoms with van der Waals surface area (Å²) in [6.07, 6.45) is 1.32. The number of methoxy groups -OCH3 is 1. The Balaban J connectivity index is 2.87. The van der Waals surface area contributed by atoms with Gasteiger partial charge in [-0.3, -0.25) is 0 Å². The van der Waals surface area contributed by atoms with E-state index in [-0.39, 0.29) is 18.5 Å². The van der Waals surface area contributed by atoms with Gasteiger partial charge in [-0.05, 0) is 5.92 Å². The normalized spacial score (nSPS) is 27.3. The van der Waals surface area contributed by atoms with Crippen LogP contribution in [0.2, 0.25) is 0 Å². The summed E-state index contributed by atoms with van der Waals surface area (Å²) in [4.78, 5) is 15.4. The fourth-order valence-electron chi connectivity index (χ4n) is 1.17. The fraction of sp³-hybridized carbons (Fsp3) is 0.750. The molecule has 0 N–H and O–H groups in total. The summed E-state index contributed by atoms with van der Waals surface area (Å²) in [5, 5.41) is 0. The number of ether oxygens (including phenoxy) is 2. The SMILES string of the molecule is COC(=O)[C@]1(C(C)C)COC=N1. The third kappa shape index (κ3) is 1.17. The molecule has 0 amide bonds. The minimum atomic E-state index is -0.811. The highest BCUT2D eigenvalue weighted by atomic mass is 16.5. The summed E-state index contributed by atoms with van der Waals surface area (Å²) in [7, 11) is 1.36. The second kappa shape index (κ2) is 3.13. The minimum absolute atomic E-state index is 0.0868. The molecular weight excluding hydrogens is 158 g/mol. The molecular formula is C8H13NO3. The van der Waals surface area contributed by atoms with Crippen LogP contribution in [0.4, 0.5) is 0 Å². The molecule has 12 heavy (non-hydrogen) atoms. The van der Waals surface area contributed by atoms with Crippen LogP contribution in [0.15, 0.2) is 4.99 Å². The van der Waals surface area contributed by atoms with Crippen molar-refractivity contribution in [2.24, 2.45) is 10.9 Å². The van der Waals surface area contributed by atoms with Crippen molar-refractivity contribution >= 4 is 12.4 Å². The van der Waals surface area contributed by atoms with Gasteiger partial charge >= 0.3 is 5.97 Å². The smallest absolute Gasteiger partial charge is 0.337 e. The van der Waals surface area contributed by atoms with E-state index in [9.17, 15) is 4.79 Å². The van der Waals surface area contributed by atoms with Crippen molar-refractivity contribution in [3.63, 3.8) is 0 Å². The third-order valence-corrected chi connectivity index (χ3v) is 2.15. The maximum atomic E-state index is 11.4. The van der Waals surface area contributed by atoms with Crippen LogP contribution in [0.5, 0.6) is 0 Å². The number of rotatable bonds is 2. The van der Waals surface area contributed by atoms with Crippen LogP contribution in [-0.2, 0) is 14.3 Å². The third-order valence-electron chi connectivity index (χ3n) is 2.15. The molecule has 4 heteroatoms. The molecule has 68 valence electrons.